The SMILES string of the molecule is Cc1nc2c(F)cc(-c3nc(Nc4ccc(C(F)(F)N5CCN(Cc6cc7c(cc6Br)C(=O)N(C6CCC(=O)NC6=O)C7)CC5)cn4)ncc3F)cc2n1C(C)C. The Kier molecular flexibility index (Phi) is 10.1. The highest BCUT2D eigenvalue weighted by molar-refractivity contribution is 9.10. The summed E-state index contributed by atoms with van der Waals surface area (Å²) in [6, 6.07) is 4.99. The van der Waals surface area contributed by atoms with Crippen molar-refractivity contribution in [2.75, 3.05) is 31.5 Å². The molecule has 0 aliphatic carbocycles. The van der Waals surface area contributed by atoms with Gasteiger partial charge in [0.25, 0.3) is 5.91 Å². The second-order valence-corrected chi connectivity index (χ2v) is 15.6. The van der Waals surface area contributed by atoms with Gasteiger partial charge in [-0.05, 0) is 68.7 Å². The maximum Gasteiger partial charge on any atom is 0.333 e. The van der Waals surface area contributed by atoms with E-state index in [0.717, 1.165) is 28.4 Å². The Morgan fingerprint density at radius 3 is 2.46 bits per heavy atom. The number of hydrogen-bond donors (Lipinski definition) is 2. The van der Waals surface area contributed by atoms with Crippen molar-refractivity contribution in [1.29, 1.82) is 0 Å². The largest absolute Gasteiger partial charge is 0.333 e. The molecule has 0 spiro atoms. The highest BCUT2D eigenvalue weighted by Crippen LogP contribution is 2.36. The van der Waals surface area contributed by atoms with Crippen LogP contribution >= 0.6 is 15.9 Å². The predicted octanol–water partition coefficient (Wildman–Crippen LogP) is 6.19. The Morgan fingerprint density at radius 2 is 1.75 bits per heavy atom. The highest BCUT2D eigenvalue weighted by atomic mass is 79.9. The van der Waals surface area contributed by atoms with Crippen LogP contribution in [0.25, 0.3) is 22.3 Å². The number of aryl methyl sites for hydroxylation is 1. The van der Waals surface area contributed by atoms with E-state index < -0.39 is 29.6 Å². The van der Waals surface area contributed by atoms with Gasteiger partial charge in [-0.15, -0.1) is 0 Å². The summed E-state index contributed by atoms with van der Waals surface area (Å²) in [7, 11) is 0. The van der Waals surface area contributed by atoms with Gasteiger partial charge in [0.2, 0.25) is 17.8 Å². The molecule has 18 heteroatoms. The quantitative estimate of drug-likeness (QED) is 0.100. The van der Waals surface area contributed by atoms with Gasteiger partial charge in [0.05, 0.1) is 17.3 Å². The van der Waals surface area contributed by atoms with Crippen LogP contribution in [0, 0.1) is 18.6 Å². The van der Waals surface area contributed by atoms with Crippen molar-refractivity contribution >= 4 is 56.5 Å². The Bertz CT molecular complexity index is 2440. The van der Waals surface area contributed by atoms with Gasteiger partial charge >= 0.3 is 6.05 Å². The van der Waals surface area contributed by atoms with E-state index in [-0.39, 0.29) is 84.4 Å². The first-order valence-corrected chi connectivity index (χ1v) is 19.2. The van der Waals surface area contributed by atoms with Crippen LogP contribution in [0.5, 0.6) is 0 Å². The van der Waals surface area contributed by atoms with Crippen LogP contribution < -0.4 is 10.6 Å². The second-order valence-electron chi connectivity index (χ2n) is 14.7. The van der Waals surface area contributed by atoms with E-state index in [9.17, 15) is 14.4 Å². The molecule has 2 fully saturated rings. The zero-order chi connectivity index (χ0) is 40.3. The monoisotopic (exact) mass is 848 g/mol. The molecule has 8 rings (SSSR count). The molecular formula is C39H37BrF4N10O3. The topological polar surface area (TPSA) is 141 Å². The van der Waals surface area contributed by atoms with Crippen LogP contribution in [-0.4, -0.2) is 89.1 Å². The van der Waals surface area contributed by atoms with E-state index in [1.807, 2.05) is 24.5 Å². The number of carbonyl (C=O) groups excluding carboxylic acids is 3. The third kappa shape index (κ3) is 7.25. The molecule has 3 aliphatic heterocycles. The van der Waals surface area contributed by atoms with E-state index in [0.29, 0.717) is 41.0 Å². The summed E-state index contributed by atoms with van der Waals surface area (Å²) in [6.45, 7) is 7.21. The van der Waals surface area contributed by atoms with Crippen molar-refractivity contribution in [1.82, 2.24) is 44.5 Å². The number of fused-ring (bicyclic) bond motifs is 2. The lowest BCUT2D eigenvalue weighted by molar-refractivity contribution is -0.168. The number of halogens is 5. The number of amides is 3. The normalized spacial score (nSPS) is 18.2. The number of piperazine rings is 1. The van der Waals surface area contributed by atoms with Crippen molar-refractivity contribution in [3.63, 3.8) is 0 Å². The third-order valence-electron chi connectivity index (χ3n) is 10.7. The van der Waals surface area contributed by atoms with Crippen molar-refractivity contribution in [3.05, 3.63) is 93.0 Å². The molecule has 3 aromatic heterocycles. The molecule has 0 bridgehead atoms. The van der Waals surface area contributed by atoms with Gasteiger partial charge in [0.15, 0.2) is 11.6 Å². The van der Waals surface area contributed by atoms with Gasteiger partial charge in [0, 0.05) is 73.5 Å². The van der Waals surface area contributed by atoms with Crippen LogP contribution in [0.15, 0.2) is 53.3 Å². The second kappa shape index (κ2) is 14.9. The first-order valence-electron chi connectivity index (χ1n) is 18.4. The maximum absolute atomic E-state index is 15.8. The smallest absolute Gasteiger partial charge is 0.326 e. The van der Waals surface area contributed by atoms with Gasteiger partial charge in [-0.25, -0.2) is 33.6 Å². The fourth-order valence-corrected chi connectivity index (χ4v) is 8.29. The summed E-state index contributed by atoms with van der Waals surface area (Å²) >= 11 is 3.57. The fourth-order valence-electron chi connectivity index (χ4n) is 7.82. The highest BCUT2D eigenvalue weighted by Gasteiger charge is 2.42. The van der Waals surface area contributed by atoms with Crippen LogP contribution in [0.3, 0.4) is 0 Å². The number of imide groups is 1. The molecular weight excluding hydrogens is 812 g/mol. The third-order valence-corrected chi connectivity index (χ3v) is 11.4. The van der Waals surface area contributed by atoms with Crippen LogP contribution in [0.2, 0.25) is 0 Å². The number of nitrogens with zero attached hydrogens (tertiary/aromatic N) is 8. The molecule has 2 N–H and O–H groups in total. The number of benzene rings is 2. The average molecular weight is 850 g/mol. The number of nitrogens with one attached hydrogen (secondary N) is 2. The van der Waals surface area contributed by atoms with Crippen LogP contribution in [0.1, 0.15) is 65.6 Å². The number of pyridine rings is 1. The number of piperidine rings is 1. The molecule has 6 heterocycles. The lowest BCUT2D eigenvalue weighted by Gasteiger charge is -2.39. The molecule has 296 valence electrons. The summed E-state index contributed by atoms with van der Waals surface area (Å²) in [5.74, 6) is -1.79. The summed E-state index contributed by atoms with van der Waals surface area (Å²) in [5, 5.41) is 5.13. The Hall–Kier alpha value is -5.33. The number of aromatic nitrogens is 5. The minimum absolute atomic E-state index is 0.0223. The van der Waals surface area contributed by atoms with Crippen LogP contribution in [-0.2, 0) is 28.7 Å². The lowest BCUT2D eigenvalue weighted by atomic mass is 10.0. The minimum atomic E-state index is -3.32. The molecule has 2 saturated heterocycles. The summed E-state index contributed by atoms with van der Waals surface area (Å²) < 4.78 is 64.3. The number of rotatable bonds is 9. The van der Waals surface area contributed by atoms with Crippen LogP contribution in [0.4, 0.5) is 29.3 Å². The standard InChI is InChI=1S/C39H37BrF4N10O3/c1-20(2)54-21(3)47-35-28(41)13-22(14-31(35)54)34-29(42)17-46-38(50-34)48-32-6-4-25(16-45-32)39(43,44)52-10-8-51(9-11-52)18-24-12-23-19-53(37(57)26(23)15-27(24)40)30-5-7-33(55)49-36(30)56/h4,6,12-17,20,30H,5,7-11,18-19H2,1-3H3,(H,49,55,56)(H,45,46,48,50). The van der Waals surface area contributed by atoms with Crippen molar-refractivity contribution < 1.29 is 31.9 Å². The minimum Gasteiger partial charge on any atom is -0.326 e. The average Bonchev–Trinajstić information content (AvgIpc) is 3.68. The summed E-state index contributed by atoms with van der Waals surface area (Å²) in [5.41, 5.74) is 2.53. The number of hydrogen-bond acceptors (Lipinski definition) is 10. The Balaban J connectivity index is 0.902. The summed E-state index contributed by atoms with van der Waals surface area (Å²) in [6.07, 6.45) is 2.45. The van der Waals surface area contributed by atoms with Gasteiger partial charge in [-0.1, -0.05) is 22.0 Å². The Labute approximate surface area is 332 Å². The predicted molar refractivity (Wildman–Crippen MR) is 204 cm³/mol. The van der Waals surface area contributed by atoms with Gasteiger partial charge < -0.3 is 14.8 Å². The van der Waals surface area contributed by atoms with Gasteiger partial charge in [-0.2, -0.15) is 8.78 Å². The first kappa shape index (κ1) is 38.5. The zero-order valence-electron chi connectivity index (χ0n) is 31.1. The molecule has 13 nitrogen and oxygen atoms in total. The fraction of sp³-hybridized carbons (Fsp3) is 0.359. The molecule has 1 atom stereocenters. The van der Waals surface area contributed by atoms with Gasteiger partial charge in [0.1, 0.15) is 28.9 Å². The Morgan fingerprint density at radius 1 is 0.982 bits per heavy atom. The van der Waals surface area contributed by atoms with E-state index in [2.05, 4.69) is 51.4 Å². The van der Waals surface area contributed by atoms with E-state index in [4.69, 9.17) is 0 Å². The number of alkyl halides is 2. The van der Waals surface area contributed by atoms with Gasteiger partial charge in [-0.3, -0.25) is 24.6 Å². The molecule has 0 radical (unpaired) electrons. The lowest BCUT2D eigenvalue weighted by Crippen LogP contribution is -2.52. The molecule has 57 heavy (non-hydrogen) atoms. The van der Waals surface area contributed by atoms with Crippen molar-refractivity contribution in [3.8, 4) is 11.3 Å². The number of anilines is 2. The summed E-state index contributed by atoms with van der Waals surface area (Å²) in [4.78, 5) is 58.6. The van der Waals surface area contributed by atoms with E-state index >= 15 is 17.6 Å². The molecule has 2 aromatic carbocycles. The van der Waals surface area contributed by atoms with E-state index in [1.165, 1.54) is 23.1 Å². The number of imidazole rings is 1. The molecule has 3 amide bonds. The maximum atomic E-state index is 15.8. The van der Waals surface area contributed by atoms with Crippen molar-refractivity contribution in [2.24, 2.45) is 0 Å². The molecule has 0 saturated carbocycles. The molecule has 3 aliphatic rings. The van der Waals surface area contributed by atoms with Crippen molar-refractivity contribution in [2.45, 2.75) is 64.8 Å². The zero-order valence-corrected chi connectivity index (χ0v) is 32.7. The van der Waals surface area contributed by atoms with E-state index in [1.54, 1.807) is 19.1 Å². The molecule has 5 aromatic rings. The molecule has 1 unspecified atom stereocenters. The first-order chi connectivity index (χ1) is 27.2. The number of carbonyl (C=O) groups is 3.